The number of aromatic nitrogens is 2. The van der Waals surface area contributed by atoms with Gasteiger partial charge in [-0.1, -0.05) is 0 Å². The van der Waals surface area contributed by atoms with Gasteiger partial charge in [-0.3, -0.25) is 0 Å². The van der Waals surface area contributed by atoms with Crippen LogP contribution < -0.4 is 4.72 Å². The van der Waals surface area contributed by atoms with Crippen molar-refractivity contribution in [3.05, 3.63) is 36.2 Å². The fourth-order valence-corrected chi connectivity index (χ4v) is 2.08. The monoisotopic (exact) mass is 253 g/mol. The molecule has 0 aliphatic rings. The molecule has 2 N–H and O–H groups in total. The molecule has 2 aromatic rings. The number of nitrogens with one attached hydrogen (secondary N) is 1. The molecule has 82 valence electrons. The minimum Gasteiger partial charge on any atom is -0.478 e. The van der Waals surface area contributed by atoms with Crippen molar-refractivity contribution in [2.24, 2.45) is 0 Å². The van der Waals surface area contributed by atoms with Crippen LogP contribution in [0.15, 0.2) is 35.5 Å². The van der Waals surface area contributed by atoms with Crippen molar-refractivity contribution in [2.45, 2.75) is 4.90 Å². The van der Waals surface area contributed by atoms with Crippen molar-refractivity contribution in [1.29, 1.82) is 0 Å². The zero-order chi connectivity index (χ0) is 11.4. The van der Waals surface area contributed by atoms with Crippen LogP contribution >= 0.6 is 23.5 Å². The zero-order valence-electron chi connectivity index (χ0n) is 7.95. The Hall–Kier alpha value is -1.60. The van der Waals surface area contributed by atoms with Gasteiger partial charge in [-0.25, -0.2) is 9.78 Å². The fourth-order valence-electron chi connectivity index (χ4n) is 0.986. The van der Waals surface area contributed by atoms with Crippen molar-refractivity contribution >= 4 is 34.6 Å². The zero-order valence-corrected chi connectivity index (χ0v) is 9.59. The molecule has 0 saturated heterocycles. The smallest absolute Gasteiger partial charge is 0.335 e. The lowest BCUT2D eigenvalue weighted by Gasteiger charge is -2.01. The van der Waals surface area contributed by atoms with E-state index in [1.807, 2.05) is 0 Å². The predicted molar refractivity (Wildman–Crippen MR) is 62.8 cm³/mol. The molecule has 16 heavy (non-hydrogen) atoms. The van der Waals surface area contributed by atoms with Crippen molar-refractivity contribution in [3.63, 3.8) is 0 Å². The van der Waals surface area contributed by atoms with Crippen LogP contribution in [-0.2, 0) is 0 Å². The van der Waals surface area contributed by atoms with Gasteiger partial charge in [0.1, 0.15) is 6.33 Å². The molecule has 0 fully saturated rings. The predicted octanol–water partition coefficient (Wildman–Crippen LogP) is 2.36. The van der Waals surface area contributed by atoms with E-state index in [9.17, 15) is 4.79 Å². The SMILES string of the molecule is O=C(O)c1ccc(SNc2ncns2)cc1. The Morgan fingerprint density at radius 1 is 1.38 bits per heavy atom. The number of benzene rings is 1. The van der Waals surface area contributed by atoms with Gasteiger partial charge in [0, 0.05) is 16.4 Å². The van der Waals surface area contributed by atoms with Crippen molar-refractivity contribution in [2.75, 3.05) is 4.72 Å². The Kier molecular flexibility index (Phi) is 3.37. The van der Waals surface area contributed by atoms with Gasteiger partial charge in [0.05, 0.1) is 5.56 Å². The number of carboxylic acid groups (broad SMARTS) is 1. The van der Waals surface area contributed by atoms with Crippen molar-refractivity contribution in [1.82, 2.24) is 9.36 Å². The van der Waals surface area contributed by atoms with Crippen LogP contribution in [0.2, 0.25) is 0 Å². The molecule has 0 atom stereocenters. The van der Waals surface area contributed by atoms with Gasteiger partial charge in [0.15, 0.2) is 0 Å². The normalized spacial score (nSPS) is 10.0. The van der Waals surface area contributed by atoms with Gasteiger partial charge in [-0.05, 0) is 36.2 Å². The molecule has 1 aromatic heterocycles. The first-order valence-electron chi connectivity index (χ1n) is 4.28. The Labute approximate surface area is 99.8 Å². The van der Waals surface area contributed by atoms with Crippen LogP contribution in [-0.4, -0.2) is 20.4 Å². The first kappa shape index (κ1) is 10.9. The van der Waals surface area contributed by atoms with Crippen LogP contribution in [0.4, 0.5) is 5.13 Å². The van der Waals surface area contributed by atoms with Gasteiger partial charge in [-0.2, -0.15) is 4.37 Å². The van der Waals surface area contributed by atoms with Crippen LogP contribution in [0, 0.1) is 0 Å². The molecule has 1 heterocycles. The highest BCUT2D eigenvalue weighted by atomic mass is 32.2. The number of rotatable bonds is 4. The highest BCUT2D eigenvalue weighted by molar-refractivity contribution is 8.00. The summed E-state index contributed by atoms with van der Waals surface area (Å²) < 4.78 is 6.85. The Bertz CT molecular complexity index is 470. The van der Waals surface area contributed by atoms with E-state index in [0.717, 1.165) is 4.90 Å². The molecule has 1 aromatic carbocycles. The fraction of sp³-hybridized carbons (Fsp3) is 0. The quantitative estimate of drug-likeness (QED) is 0.815. The second-order valence-corrected chi connectivity index (χ2v) is 4.44. The van der Waals surface area contributed by atoms with Crippen molar-refractivity contribution < 1.29 is 9.90 Å². The molecular formula is C9H7N3O2S2. The van der Waals surface area contributed by atoms with E-state index in [0.29, 0.717) is 5.13 Å². The largest absolute Gasteiger partial charge is 0.478 e. The molecule has 0 radical (unpaired) electrons. The minimum atomic E-state index is -0.923. The number of anilines is 1. The maximum atomic E-state index is 10.6. The van der Waals surface area contributed by atoms with Crippen LogP contribution in [0.1, 0.15) is 10.4 Å². The standard InChI is InChI=1S/C9H7N3O2S2/c13-8(14)6-1-3-7(4-2-6)15-12-9-10-5-11-16-9/h1-5H,(H,13,14)(H,10,11,12). The molecule has 0 spiro atoms. The maximum Gasteiger partial charge on any atom is 0.335 e. The number of carbonyl (C=O) groups is 1. The summed E-state index contributed by atoms with van der Waals surface area (Å²) in [6.07, 6.45) is 1.47. The molecule has 2 rings (SSSR count). The first-order valence-corrected chi connectivity index (χ1v) is 5.87. The third kappa shape index (κ3) is 2.71. The lowest BCUT2D eigenvalue weighted by Crippen LogP contribution is -1.95. The third-order valence-corrected chi connectivity index (χ3v) is 3.23. The van der Waals surface area contributed by atoms with E-state index >= 15 is 0 Å². The summed E-state index contributed by atoms with van der Waals surface area (Å²) in [6.45, 7) is 0. The lowest BCUT2D eigenvalue weighted by molar-refractivity contribution is 0.0697. The van der Waals surface area contributed by atoms with Gasteiger partial charge in [-0.15, -0.1) is 0 Å². The summed E-state index contributed by atoms with van der Waals surface area (Å²) in [6, 6.07) is 6.60. The van der Waals surface area contributed by atoms with E-state index in [4.69, 9.17) is 5.11 Å². The highest BCUT2D eigenvalue weighted by Gasteiger charge is 2.02. The molecule has 0 saturated carbocycles. The third-order valence-electron chi connectivity index (χ3n) is 1.72. The Balaban J connectivity index is 1.98. The number of hydrogen-bond acceptors (Lipinski definition) is 6. The van der Waals surface area contributed by atoms with Crippen LogP contribution in [0.25, 0.3) is 0 Å². The Morgan fingerprint density at radius 2 is 2.12 bits per heavy atom. The molecule has 0 bridgehead atoms. The van der Waals surface area contributed by atoms with Crippen LogP contribution in [0.5, 0.6) is 0 Å². The van der Waals surface area contributed by atoms with E-state index in [-0.39, 0.29) is 5.56 Å². The van der Waals surface area contributed by atoms with Crippen molar-refractivity contribution in [3.8, 4) is 0 Å². The molecule has 0 unspecified atom stereocenters. The number of hydrogen-bond donors (Lipinski definition) is 2. The molecular weight excluding hydrogens is 246 g/mol. The van der Waals surface area contributed by atoms with E-state index in [2.05, 4.69) is 14.1 Å². The van der Waals surface area contributed by atoms with Gasteiger partial charge in [0.2, 0.25) is 5.13 Å². The summed E-state index contributed by atoms with van der Waals surface area (Å²) in [7, 11) is 0. The summed E-state index contributed by atoms with van der Waals surface area (Å²) in [5.41, 5.74) is 0.278. The number of carboxylic acids is 1. The van der Waals surface area contributed by atoms with E-state index in [1.54, 1.807) is 24.3 Å². The topological polar surface area (TPSA) is 75.1 Å². The number of nitrogens with zero attached hydrogens (tertiary/aromatic N) is 2. The summed E-state index contributed by atoms with van der Waals surface area (Å²) in [5.74, 6) is -0.923. The van der Waals surface area contributed by atoms with E-state index in [1.165, 1.54) is 29.8 Å². The average molecular weight is 253 g/mol. The minimum absolute atomic E-state index is 0.278. The molecule has 0 amide bonds. The van der Waals surface area contributed by atoms with Crippen LogP contribution in [0.3, 0.4) is 0 Å². The second-order valence-electron chi connectivity index (χ2n) is 2.78. The molecule has 5 nitrogen and oxygen atoms in total. The van der Waals surface area contributed by atoms with Gasteiger partial charge in [0.25, 0.3) is 0 Å². The molecule has 7 heteroatoms. The lowest BCUT2D eigenvalue weighted by atomic mass is 10.2. The Morgan fingerprint density at radius 3 is 2.69 bits per heavy atom. The number of aromatic carboxylic acids is 1. The summed E-state index contributed by atoms with van der Waals surface area (Å²) in [4.78, 5) is 15.5. The molecule has 0 aliphatic heterocycles. The first-order chi connectivity index (χ1) is 7.75. The highest BCUT2D eigenvalue weighted by Crippen LogP contribution is 2.21. The van der Waals surface area contributed by atoms with E-state index < -0.39 is 5.97 Å². The average Bonchev–Trinajstić information content (AvgIpc) is 2.80. The summed E-state index contributed by atoms with van der Waals surface area (Å²) >= 11 is 2.63. The molecule has 0 aliphatic carbocycles. The van der Waals surface area contributed by atoms with Gasteiger partial charge >= 0.3 is 5.97 Å². The summed E-state index contributed by atoms with van der Waals surface area (Å²) in [5, 5.41) is 9.43. The van der Waals surface area contributed by atoms with Gasteiger partial charge < -0.3 is 9.83 Å². The second kappa shape index (κ2) is 4.95. The maximum absolute atomic E-state index is 10.6.